The highest BCUT2D eigenvalue weighted by molar-refractivity contribution is 7.99. The normalized spacial score (nSPS) is 22.6. The van der Waals surface area contributed by atoms with Gasteiger partial charge in [-0.25, -0.2) is 0 Å². The summed E-state index contributed by atoms with van der Waals surface area (Å²) in [5, 5.41) is 9.76. The van der Waals surface area contributed by atoms with Crippen molar-refractivity contribution in [1.29, 1.82) is 0 Å². The number of hydrogen-bond acceptors (Lipinski definition) is 4. The van der Waals surface area contributed by atoms with Crippen LogP contribution >= 0.6 is 11.8 Å². The molecule has 0 spiro atoms. The van der Waals surface area contributed by atoms with E-state index in [9.17, 15) is 4.79 Å². The molecule has 120 valence electrons. The van der Waals surface area contributed by atoms with Gasteiger partial charge in [-0.3, -0.25) is 4.79 Å². The lowest BCUT2D eigenvalue weighted by Crippen LogP contribution is -2.33. The molecule has 0 aromatic carbocycles. The SMILES string of the molecule is O=C(CSc1nnc(C2CC2)n1C1CC1)N1CCCCCC1. The predicted molar refractivity (Wildman–Crippen MR) is 86.0 cm³/mol. The lowest BCUT2D eigenvalue weighted by Gasteiger charge is -2.19. The van der Waals surface area contributed by atoms with Crippen molar-refractivity contribution in [2.24, 2.45) is 0 Å². The fourth-order valence-electron chi connectivity index (χ4n) is 3.22. The Bertz CT molecular complexity index is 542. The third-order valence-corrected chi connectivity index (χ3v) is 5.76. The summed E-state index contributed by atoms with van der Waals surface area (Å²) in [6, 6.07) is 0.599. The van der Waals surface area contributed by atoms with Crippen molar-refractivity contribution in [2.45, 2.75) is 68.5 Å². The monoisotopic (exact) mass is 320 g/mol. The molecule has 6 heteroatoms. The van der Waals surface area contributed by atoms with E-state index < -0.39 is 0 Å². The fourth-order valence-corrected chi connectivity index (χ4v) is 4.14. The van der Waals surface area contributed by atoms with Gasteiger partial charge in [-0.1, -0.05) is 24.6 Å². The molecule has 1 aromatic rings. The number of carbonyl (C=O) groups excluding carboxylic acids is 1. The number of rotatable bonds is 5. The van der Waals surface area contributed by atoms with Gasteiger partial charge in [0.15, 0.2) is 5.16 Å². The Morgan fingerprint density at radius 3 is 2.41 bits per heavy atom. The van der Waals surface area contributed by atoms with Crippen LogP contribution in [0.25, 0.3) is 0 Å². The van der Waals surface area contributed by atoms with E-state index in [0.717, 1.165) is 31.1 Å². The van der Waals surface area contributed by atoms with E-state index in [0.29, 0.717) is 17.7 Å². The molecule has 0 radical (unpaired) electrons. The summed E-state index contributed by atoms with van der Waals surface area (Å²) in [6.45, 7) is 1.87. The van der Waals surface area contributed by atoms with Gasteiger partial charge < -0.3 is 9.47 Å². The average molecular weight is 320 g/mol. The predicted octanol–water partition coefficient (Wildman–Crippen LogP) is 2.99. The highest BCUT2D eigenvalue weighted by atomic mass is 32.2. The van der Waals surface area contributed by atoms with Crippen LogP contribution < -0.4 is 0 Å². The Morgan fingerprint density at radius 1 is 1.05 bits per heavy atom. The molecule has 1 aromatic heterocycles. The minimum Gasteiger partial charge on any atom is -0.342 e. The number of amides is 1. The zero-order valence-corrected chi connectivity index (χ0v) is 13.9. The lowest BCUT2D eigenvalue weighted by atomic mass is 10.2. The molecule has 2 heterocycles. The van der Waals surface area contributed by atoms with Gasteiger partial charge in [0.2, 0.25) is 5.91 Å². The van der Waals surface area contributed by atoms with Gasteiger partial charge in [0.25, 0.3) is 0 Å². The number of aromatic nitrogens is 3. The van der Waals surface area contributed by atoms with Crippen LogP contribution in [0.3, 0.4) is 0 Å². The first-order chi connectivity index (χ1) is 10.8. The molecule has 1 saturated heterocycles. The van der Waals surface area contributed by atoms with Crippen LogP contribution in [0.2, 0.25) is 0 Å². The summed E-state index contributed by atoms with van der Waals surface area (Å²) >= 11 is 1.59. The molecule has 1 amide bonds. The number of thioether (sulfide) groups is 1. The first-order valence-electron chi connectivity index (χ1n) is 8.68. The van der Waals surface area contributed by atoms with E-state index in [1.807, 2.05) is 4.90 Å². The molecular weight excluding hydrogens is 296 g/mol. The minimum absolute atomic E-state index is 0.269. The van der Waals surface area contributed by atoms with Gasteiger partial charge in [-0.05, 0) is 38.5 Å². The molecule has 0 bridgehead atoms. The second-order valence-corrected chi connectivity index (χ2v) is 7.74. The van der Waals surface area contributed by atoms with Gasteiger partial charge in [-0.2, -0.15) is 0 Å². The van der Waals surface area contributed by atoms with Crippen LogP contribution in [-0.4, -0.2) is 44.4 Å². The average Bonchev–Trinajstić information content (AvgIpc) is 3.41. The molecule has 2 aliphatic carbocycles. The maximum atomic E-state index is 12.4. The molecule has 0 unspecified atom stereocenters. The van der Waals surface area contributed by atoms with Crippen molar-refractivity contribution in [3.63, 3.8) is 0 Å². The van der Waals surface area contributed by atoms with Crippen molar-refractivity contribution in [3.8, 4) is 0 Å². The summed E-state index contributed by atoms with van der Waals surface area (Å²) in [6.07, 6.45) is 9.82. The Hall–Kier alpha value is -1.04. The lowest BCUT2D eigenvalue weighted by molar-refractivity contribution is -0.128. The topological polar surface area (TPSA) is 51.0 Å². The molecular formula is C16H24N4OS. The van der Waals surface area contributed by atoms with Gasteiger partial charge in [0.05, 0.1) is 5.75 Å². The fraction of sp³-hybridized carbons (Fsp3) is 0.812. The zero-order chi connectivity index (χ0) is 14.9. The van der Waals surface area contributed by atoms with Gasteiger partial charge >= 0.3 is 0 Å². The summed E-state index contributed by atoms with van der Waals surface area (Å²) < 4.78 is 2.33. The van der Waals surface area contributed by atoms with Crippen molar-refractivity contribution < 1.29 is 4.79 Å². The largest absolute Gasteiger partial charge is 0.342 e. The molecule has 0 N–H and O–H groups in total. The maximum Gasteiger partial charge on any atom is 0.233 e. The van der Waals surface area contributed by atoms with Gasteiger partial charge in [-0.15, -0.1) is 10.2 Å². The number of nitrogens with zero attached hydrogens (tertiary/aromatic N) is 4. The molecule has 3 aliphatic rings. The van der Waals surface area contributed by atoms with Crippen LogP contribution in [0.4, 0.5) is 0 Å². The number of likely N-dealkylation sites (tertiary alicyclic amines) is 1. The number of carbonyl (C=O) groups is 1. The number of hydrogen-bond donors (Lipinski definition) is 0. The summed E-state index contributed by atoms with van der Waals surface area (Å²) in [5.41, 5.74) is 0. The van der Waals surface area contributed by atoms with Crippen LogP contribution in [0.5, 0.6) is 0 Å². The van der Waals surface area contributed by atoms with E-state index >= 15 is 0 Å². The standard InChI is InChI=1S/C16H24N4OS/c21-14(19-9-3-1-2-4-10-19)11-22-16-18-17-15(12-5-6-12)20(16)13-7-8-13/h12-13H,1-11H2. The van der Waals surface area contributed by atoms with Crippen molar-refractivity contribution >= 4 is 17.7 Å². The summed E-state index contributed by atoms with van der Waals surface area (Å²) in [7, 11) is 0. The van der Waals surface area contributed by atoms with Gasteiger partial charge in [0, 0.05) is 25.0 Å². The third kappa shape index (κ3) is 3.16. The van der Waals surface area contributed by atoms with Crippen LogP contribution in [0.1, 0.15) is 69.2 Å². The zero-order valence-electron chi connectivity index (χ0n) is 13.0. The quantitative estimate of drug-likeness (QED) is 0.783. The Morgan fingerprint density at radius 2 is 1.77 bits per heavy atom. The van der Waals surface area contributed by atoms with Crippen molar-refractivity contribution in [2.75, 3.05) is 18.8 Å². The van der Waals surface area contributed by atoms with E-state index in [4.69, 9.17) is 0 Å². The Balaban J connectivity index is 1.39. The highest BCUT2D eigenvalue weighted by Crippen LogP contribution is 2.45. The minimum atomic E-state index is 0.269. The van der Waals surface area contributed by atoms with Crippen LogP contribution in [0.15, 0.2) is 5.16 Å². The highest BCUT2D eigenvalue weighted by Gasteiger charge is 2.36. The molecule has 22 heavy (non-hydrogen) atoms. The molecule has 3 fully saturated rings. The Labute approximate surface area is 135 Å². The molecule has 4 rings (SSSR count). The molecule has 5 nitrogen and oxygen atoms in total. The first-order valence-corrected chi connectivity index (χ1v) is 9.67. The van der Waals surface area contributed by atoms with Crippen LogP contribution in [0, 0.1) is 0 Å². The first kappa shape index (κ1) is 14.5. The van der Waals surface area contributed by atoms with Crippen molar-refractivity contribution in [1.82, 2.24) is 19.7 Å². The van der Waals surface area contributed by atoms with E-state index in [1.54, 1.807) is 11.8 Å². The van der Waals surface area contributed by atoms with E-state index in [2.05, 4.69) is 14.8 Å². The Kier molecular flexibility index (Phi) is 4.11. The van der Waals surface area contributed by atoms with Crippen LogP contribution in [-0.2, 0) is 4.79 Å². The van der Waals surface area contributed by atoms with E-state index in [1.165, 1.54) is 44.3 Å². The van der Waals surface area contributed by atoms with Crippen molar-refractivity contribution in [3.05, 3.63) is 5.82 Å². The molecule has 1 aliphatic heterocycles. The summed E-state index contributed by atoms with van der Waals surface area (Å²) in [4.78, 5) is 14.5. The maximum absolute atomic E-state index is 12.4. The van der Waals surface area contributed by atoms with Gasteiger partial charge in [0.1, 0.15) is 5.82 Å². The second kappa shape index (κ2) is 6.22. The smallest absolute Gasteiger partial charge is 0.233 e. The molecule has 2 saturated carbocycles. The summed E-state index contributed by atoms with van der Waals surface area (Å²) in [5.74, 6) is 2.58. The third-order valence-electron chi connectivity index (χ3n) is 4.83. The molecule has 0 atom stereocenters. The van der Waals surface area contributed by atoms with E-state index in [-0.39, 0.29) is 5.91 Å². The second-order valence-electron chi connectivity index (χ2n) is 6.80.